The Morgan fingerprint density at radius 2 is 1.62 bits per heavy atom. The number of amides is 2. The van der Waals surface area contributed by atoms with Crippen LogP contribution in [0.3, 0.4) is 0 Å². The van der Waals surface area contributed by atoms with Crippen LogP contribution in [0, 0.1) is 0 Å². The Balaban J connectivity index is 1.67. The van der Waals surface area contributed by atoms with Crippen LogP contribution in [0.2, 0.25) is 10.0 Å². The van der Waals surface area contributed by atoms with Crippen molar-refractivity contribution in [2.24, 2.45) is 5.10 Å². The van der Waals surface area contributed by atoms with Crippen LogP contribution in [0.5, 0.6) is 0 Å². The molecule has 0 saturated carbocycles. The van der Waals surface area contributed by atoms with Gasteiger partial charge in [-0.2, -0.15) is 5.10 Å². The van der Waals surface area contributed by atoms with Gasteiger partial charge in [0.1, 0.15) is 0 Å². The van der Waals surface area contributed by atoms with Crippen molar-refractivity contribution in [2.45, 2.75) is 0 Å². The molecule has 0 fully saturated rings. The first kappa shape index (κ1) is 17.9. The van der Waals surface area contributed by atoms with Gasteiger partial charge >= 0.3 is 11.8 Å². The highest BCUT2D eigenvalue weighted by atomic mass is 35.5. The van der Waals surface area contributed by atoms with Crippen LogP contribution in [0.15, 0.2) is 65.8 Å². The maximum absolute atomic E-state index is 12.1. The smallest absolute Gasteiger partial charge is 0.317 e. The molecule has 2 N–H and O–H groups in total. The van der Waals surface area contributed by atoms with E-state index in [-0.39, 0.29) is 0 Å². The maximum Gasteiger partial charge on any atom is 0.329 e. The summed E-state index contributed by atoms with van der Waals surface area (Å²) in [6.07, 6.45) is 1.32. The normalized spacial score (nSPS) is 10.8. The first-order valence-corrected chi connectivity index (χ1v) is 8.38. The van der Waals surface area contributed by atoms with E-state index in [2.05, 4.69) is 15.8 Å². The molecule has 0 bridgehead atoms. The number of hydrazone groups is 1. The van der Waals surface area contributed by atoms with E-state index < -0.39 is 11.8 Å². The molecule has 7 heteroatoms. The monoisotopic (exact) mass is 385 g/mol. The number of nitrogens with one attached hydrogen (secondary N) is 2. The van der Waals surface area contributed by atoms with Gasteiger partial charge in [-0.3, -0.25) is 9.59 Å². The highest BCUT2D eigenvalue weighted by Crippen LogP contribution is 2.24. The Morgan fingerprint density at radius 1 is 0.885 bits per heavy atom. The second-order valence-electron chi connectivity index (χ2n) is 5.32. The number of fused-ring (bicyclic) bond motifs is 1. The number of carbonyl (C=O) groups is 2. The van der Waals surface area contributed by atoms with Crippen LogP contribution in [0.1, 0.15) is 5.56 Å². The summed E-state index contributed by atoms with van der Waals surface area (Å²) in [5, 5.41) is 8.80. The molecule has 26 heavy (non-hydrogen) atoms. The number of hydrogen-bond acceptors (Lipinski definition) is 3. The van der Waals surface area contributed by atoms with E-state index in [1.807, 2.05) is 30.3 Å². The van der Waals surface area contributed by atoms with E-state index in [4.69, 9.17) is 23.2 Å². The first-order chi connectivity index (χ1) is 12.6. The van der Waals surface area contributed by atoms with Crippen molar-refractivity contribution in [1.29, 1.82) is 0 Å². The molecule has 0 atom stereocenters. The minimum absolute atomic E-state index is 0.312. The standard InChI is InChI=1S/C19H13Cl2N3O2/c20-15-9-3-7-13(17(15)21)11-22-24-19(26)18(25)23-16-10-4-6-12-5-1-2-8-14(12)16/h1-11H,(H,23,25)(H,24,26). The van der Waals surface area contributed by atoms with E-state index in [1.54, 1.807) is 30.3 Å². The lowest BCUT2D eigenvalue weighted by molar-refractivity contribution is -0.136. The van der Waals surface area contributed by atoms with Crippen molar-refractivity contribution >= 4 is 57.7 Å². The lowest BCUT2D eigenvalue weighted by Gasteiger charge is -2.07. The van der Waals surface area contributed by atoms with Gasteiger partial charge in [0.15, 0.2) is 0 Å². The van der Waals surface area contributed by atoms with E-state index >= 15 is 0 Å². The highest BCUT2D eigenvalue weighted by Gasteiger charge is 2.14. The minimum atomic E-state index is -0.896. The van der Waals surface area contributed by atoms with Gasteiger partial charge in [-0.05, 0) is 17.5 Å². The molecular weight excluding hydrogens is 373 g/mol. The third kappa shape index (κ3) is 4.02. The summed E-state index contributed by atoms with van der Waals surface area (Å²) >= 11 is 11.9. The molecular formula is C19H13Cl2N3O2. The summed E-state index contributed by atoms with van der Waals surface area (Å²) in [6, 6.07) is 18.0. The average Bonchev–Trinajstić information content (AvgIpc) is 2.65. The molecule has 0 spiro atoms. The quantitative estimate of drug-likeness (QED) is 0.402. The summed E-state index contributed by atoms with van der Waals surface area (Å²) in [4.78, 5) is 24.0. The number of benzene rings is 3. The second kappa shape index (κ2) is 7.99. The van der Waals surface area contributed by atoms with Gasteiger partial charge in [-0.1, -0.05) is 71.7 Å². The molecule has 0 unspecified atom stereocenters. The van der Waals surface area contributed by atoms with Crippen molar-refractivity contribution in [3.05, 3.63) is 76.3 Å². The third-order valence-corrected chi connectivity index (χ3v) is 4.43. The molecule has 3 aromatic carbocycles. The molecule has 0 saturated heterocycles. The van der Waals surface area contributed by atoms with Gasteiger partial charge in [0.2, 0.25) is 0 Å². The molecule has 5 nitrogen and oxygen atoms in total. The number of anilines is 1. The van der Waals surface area contributed by atoms with Crippen molar-refractivity contribution in [3.63, 3.8) is 0 Å². The van der Waals surface area contributed by atoms with E-state index in [1.165, 1.54) is 6.21 Å². The lowest BCUT2D eigenvalue weighted by atomic mass is 10.1. The summed E-state index contributed by atoms with van der Waals surface area (Å²) in [5.74, 6) is -1.72. The molecule has 0 aliphatic rings. The van der Waals surface area contributed by atoms with Crippen LogP contribution in [0.4, 0.5) is 5.69 Å². The fourth-order valence-corrected chi connectivity index (χ4v) is 2.70. The molecule has 0 heterocycles. The van der Waals surface area contributed by atoms with E-state index in [0.717, 1.165) is 10.8 Å². The third-order valence-electron chi connectivity index (χ3n) is 3.60. The molecule has 0 aromatic heterocycles. The lowest BCUT2D eigenvalue weighted by Crippen LogP contribution is -2.32. The Kier molecular flexibility index (Phi) is 5.51. The predicted molar refractivity (Wildman–Crippen MR) is 105 cm³/mol. The Morgan fingerprint density at radius 3 is 2.46 bits per heavy atom. The fourth-order valence-electron chi connectivity index (χ4n) is 2.34. The van der Waals surface area contributed by atoms with Crippen LogP contribution >= 0.6 is 23.2 Å². The van der Waals surface area contributed by atoms with Gasteiger partial charge in [-0.15, -0.1) is 0 Å². The summed E-state index contributed by atoms with van der Waals surface area (Å²) < 4.78 is 0. The number of carbonyl (C=O) groups excluding carboxylic acids is 2. The first-order valence-electron chi connectivity index (χ1n) is 7.62. The zero-order valence-electron chi connectivity index (χ0n) is 13.4. The predicted octanol–water partition coefficient (Wildman–Crippen LogP) is 4.24. The van der Waals surface area contributed by atoms with Crippen LogP contribution in [-0.2, 0) is 9.59 Å². The van der Waals surface area contributed by atoms with Crippen molar-refractivity contribution in [1.82, 2.24) is 5.43 Å². The summed E-state index contributed by atoms with van der Waals surface area (Å²) in [6.45, 7) is 0. The molecule has 3 aromatic rings. The number of nitrogens with zero attached hydrogens (tertiary/aromatic N) is 1. The topological polar surface area (TPSA) is 70.6 Å². The zero-order valence-corrected chi connectivity index (χ0v) is 14.9. The summed E-state index contributed by atoms with van der Waals surface area (Å²) in [5.41, 5.74) is 3.23. The highest BCUT2D eigenvalue weighted by molar-refractivity contribution is 6.43. The van der Waals surface area contributed by atoms with Gasteiger partial charge in [0.25, 0.3) is 0 Å². The molecule has 0 aliphatic heterocycles. The van der Waals surface area contributed by atoms with Crippen molar-refractivity contribution in [2.75, 3.05) is 5.32 Å². The van der Waals surface area contributed by atoms with Crippen molar-refractivity contribution < 1.29 is 9.59 Å². The molecule has 0 radical (unpaired) electrons. The van der Waals surface area contributed by atoms with Gasteiger partial charge in [0, 0.05) is 16.6 Å². The van der Waals surface area contributed by atoms with Crippen LogP contribution in [-0.4, -0.2) is 18.0 Å². The average molecular weight is 386 g/mol. The van der Waals surface area contributed by atoms with Crippen LogP contribution < -0.4 is 10.7 Å². The second-order valence-corrected chi connectivity index (χ2v) is 6.11. The number of hydrogen-bond donors (Lipinski definition) is 2. The van der Waals surface area contributed by atoms with Gasteiger partial charge < -0.3 is 5.32 Å². The van der Waals surface area contributed by atoms with E-state index in [0.29, 0.717) is 21.3 Å². The Labute approximate surface area is 159 Å². The van der Waals surface area contributed by atoms with Crippen LogP contribution in [0.25, 0.3) is 10.8 Å². The summed E-state index contributed by atoms with van der Waals surface area (Å²) in [7, 11) is 0. The van der Waals surface area contributed by atoms with Crippen molar-refractivity contribution in [3.8, 4) is 0 Å². The molecule has 2 amide bonds. The largest absolute Gasteiger partial charge is 0.329 e. The Bertz CT molecular complexity index is 1010. The van der Waals surface area contributed by atoms with Gasteiger partial charge in [-0.25, -0.2) is 5.43 Å². The number of halogens is 2. The maximum atomic E-state index is 12.1. The van der Waals surface area contributed by atoms with Gasteiger partial charge in [0.05, 0.1) is 16.3 Å². The fraction of sp³-hybridized carbons (Fsp3) is 0. The molecule has 3 rings (SSSR count). The minimum Gasteiger partial charge on any atom is -0.317 e. The zero-order chi connectivity index (χ0) is 18.5. The molecule has 0 aliphatic carbocycles. The number of rotatable bonds is 3. The molecule has 130 valence electrons. The SMILES string of the molecule is O=C(NN=Cc1cccc(Cl)c1Cl)C(=O)Nc1cccc2ccccc12. The van der Waals surface area contributed by atoms with E-state index in [9.17, 15) is 9.59 Å². The Hall–Kier alpha value is -2.89.